The van der Waals surface area contributed by atoms with Crippen molar-refractivity contribution in [3.8, 4) is 5.75 Å². The Balaban J connectivity index is 2.10. The van der Waals surface area contributed by atoms with E-state index in [-0.39, 0.29) is 12.3 Å². The van der Waals surface area contributed by atoms with Gasteiger partial charge in [-0.3, -0.25) is 10.1 Å². The normalized spacial score (nSPS) is 10.2. The van der Waals surface area contributed by atoms with Crippen molar-refractivity contribution in [2.24, 2.45) is 0 Å². The topological polar surface area (TPSA) is 52.4 Å². The van der Waals surface area contributed by atoms with Crippen molar-refractivity contribution in [2.75, 3.05) is 0 Å². The smallest absolute Gasteiger partial charge is 0.270 e. The van der Waals surface area contributed by atoms with Gasteiger partial charge in [0.15, 0.2) is 0 Å². The van der Waals surface area contributed by atoms with E-state index in [0.717, 1.165) is 4.47 Å². The highest BCUT2D eigenvalue weighted by Crippen LogP contribution is 2.24. The number of rotatable bonds is 4. The molecule has 0 aliphatic heterocycles. The molecule has 0 N–H and O–H groups in total. The molecular formula is C13H9BrClNO3. The van der Waals surface area contributed by atoms with Crippen LogP contribution in [0.15, 0.2) is 46.9 Å². The van der Waals surface area contributed by atoms with E-state index in [2.05, 4.69) is 15.9 Å². The van der Waals surface area contributed by atoms with Crippen LogP contribution in [0.5, 0.6) is 5.75 Å². The zero-order chi connectivity index (χ0) is 13.8. The summed E-state index contributed by atoms with van der Waals surface area (Å²) in [4.78, 5) is 10.1. The highest BCUT2D eigenvalue weighted by atomic mass is 79.9. The summed E-state index contributed by atoms with van der Waals surface area (Å²) < 4.78 is 6.49. The zero-order valence-electron chi connectivity index (χ0n) is 9.68. The molecule has 0 aliphatic carbocycles. The van der Waals surface area contributed by atoms with Gasteiger partial charge in [-0.15, -0.1) is 0 Å². The molecule has 0 spiro atoms. The van der Waals surface area contributed by atoms with Gasteiger partial charge in [0.05, 0.1) is 9.95 Å². The molecule has 0 saturated heterocycles. The summed E-state index contributed by atoms with van der Waals surface area (Å²) in [5, 5.41) is 10.9. The second-order valence-corrected chi connectivity index (χ2v) is 5.10. The van der Waals surface area contributed by atoms with Gasteiger partial charge in [-0.2, -0.15) is 0 Å². The molecule has 6 heteroatoms. The SMILES string of the molecule is O=[N+]([O-])c1ccc(COc2cccc(Br)c2)c(Cl)c1. The largest absolute Gasteiger partial charge is 0.489 e. The van der Waals surface area contributed by atoms with Gasteiger partial charge in [-0.05, 0) is 24.3 Å². The summed E-state index contributed by atoms with van der Waals surface area (Å²) in [6, 6.07) is 11.7. The lowest BCUT2D eigenvalue weighted by molar-refractivity contribution is -0.384. The van der Waals surface area contributed by atoms with Gasteiger partial charge in [0.2, 0.25) is 0 Å². The van der Waals surface area contributed by atoms with Crippen LogP contribution in [-0.4, -0.2) is 4.92 Å². The molecule has 2 aromatic carbocycles. The number of hydrogen-bond acceptors (Lipinski definition) is 3. The van der Waals surface area contributed by atoms with Gasteiger partial charge < -0.3 is 4.74 Å². The highest BCUT2D eigenvalue weighted by Gasteiger charge is 2.09. The number of benzene rings is 2. The predicted molar refractivity (Wildman–Crippen MR) is 76.6 cm³/mol. The fourth-order valence-electron chi connectivity index (χ4n) is 1.48. The summed E-state index contributed by atoms with van der Waals surface area (Å²) in [7, 11) is 0. The number of nitro groups is 1. The van der Waals surface area contributed by atoms with Gasteiger partial charge in [0.25, 0.3) is 5.69 Å². The predicted octanol–water partition coefficient (Wildman–Crippen LogP) is 4.59. The van der Waals surface area contributed by atoms with E-state index >= 15 is 0 Å². The Labute approximate surface area is 123 Å². The summed E-state index contributed by atoms with van der Waals surface area (Å²) in [6.07, 6.45) is 0. The summed E-state index contributed by atoms with van der Waals surface area (Å²) >= 11 is 9.32. The van der Waals surface area contributed by atoms with Gasteiger partial charge >= 0.3 is 0 Å². The van der Waals surface area contributed by atoms with Crippen LogP contribution in [0.2, 0.25) is 5.02 Å². The van der Waals surface area contributed by atoms with E-state index in [1.165, 1.54) is 12.1 Å². The quantitative estimate of drug-likeness (QED) is 0.603. The molecular weight excluding hydrogens is 334 g/mol. The number of halogens is 2. The molecule has 0 amide bonds. The van der Waals surface area contributed by atoms with E-state index < -0.39 is 4.92 Å². The summed E-state index contributed by atoms with van der Waals surface area (Å²) in [5.74, 6) is 0.698. The lowest BCUT2D eigenvalue weighted by Crippen LogP contribution is -1.97. The zero-order valence-corrected chi connectivity index (χ0v) is 12.0. The van der Waals surface area contributed by atoms with Crippen LogP contribution in [0.25, 0.3) is 0 Å². The Morgan fingerprint density at radius 3 is 2.68 bits per heavy atom. The third-order valence-electron chi connectivity index (χ3n) is 2.44. The van der Waals surface area contributed by atoms with Crippen molar-refractivity contribution in [3.05, 3.63) is 67.6 Å². The first-order valence-corrected chi connectivity index (χ1v) is 6.54. The Morgan fingerprint density at radius 1 is 1.26 bits per heavy atom. The Bertz CT molecular complexity index is 619. The molecule has 0 aromatic heterocycles. The van der Waals surface area contributed by atoms with E-state index in [9.17, 15) is 10.1 Å². The molecule has 0 atom stereocenters. The van der Waals surface area contributed by atoms with Crippen LogP contribution in [-0.2, 0) is 6.61 Å². The van der Waals surface area contributed by atoms with Crippen LogP contribution in [0, 0.1) is 10.1 Å². The lowest BCUT2D eigenvalue weighted by Gasteiger charge is -2.08. The van der Waals surface area contributed by atoms with Gasteiger partial charge in [0, 0.05) is 22.2 Å². The summed E-state index contributed by atoms with van der Waals surface area (Å²) in [6.45, 7) is 0.257. The molecule has 0 heterocycles. The minimum Gasteiger partial charge on any atom is -0.489 e. The third-order valence-corrected chi connectivity index (χ3v) is 3.28. The van der Waals surface area contributed by atoms with Crippen LogP contribution in [0.4, 0.5) is 5.69 Å². The number of non-ortho nitro benzene ring substituents is 1. The van der Waals surface area contributed by atoms with Gasteiger partial charge in [-0.25, -0.2) is 0 Å². The lowest BCUT2D eigenvalue weighted by atomic mass is 10.2. The molecule has 4 nitrogen and oxygen atoms in total. The average molecular weight is 343 g/mol. The maximum atomic E-state index is 10.6. The molecule has 19 heavy (non-hydrogen) atoms. The number of ether oxygens (including phenoxy) is 1. The first-order valence-electron chi connectivity index (χ1n) is 5.37. The van der Waals surface area contributed by atoms with E-state index in [1.54, 1.807) is 6.07 Å². The number of nitro benzene ring substituents is 1. The van der Waals surface area contributed by atoms with E-state index in [0.29, 0.717) is 16.3 Å². The fourth-order valence-corrected chi connectivity index (χ4v) is 2.09. The molecule has 0 fully saturated rings. The van der Waals surface area contributed by atoms with Crippen LogP contribution in [0.1, 0.15) is 5.56 Å². The maximum Gasteiger partial charge on any atom is 0.270 e. The highest BCUT2D eigenvalue weighted by molar-refractivity contribution is 9.10. The Hall–Kier alpha value is -1.59. The first-order chi connectivity index (χ1) is 9.06. The van der Waals surface area contributed by atoms with Crippen molar-refractivity contribution < 1.29 is 9.66 Å². The van der Waals surface area contributed by atoms with Crippen molar-refractivity contribution in [3.63, 3.8) is 0 Å². The molecule has 98 valence electrons. The maximum absolute atomic E-state index is 10.6. The minimum atomic E-state index is -0.481. The molecule has 2 rings (SSSR count). The van der Waals surface area contributed by atoms with Crippen LogP contribution in [0.3, 0.4) is 0 Å². The second kappa shape index (κ2) is 6.04. The van der Waals surface area contributed by atoms with Crippen LogP contribution < -0.4 is 4.74 Å². The second-order valence-electron chi connectivity index (χ2n) is 3.78. The van der Waals surface area contributed by atoms with Crippen molar-refractivity contribution >= 4 is 33.2 Å². The van der Waals surface area contributed by atoms with Crippen LogP contribution >= 0.6 is 27.5 Å². The third kappa shape index (κ3) is 3.68. The molecule has 0 aliphatic rings. The standard InChI is InChI=1S/C13H9BrClNO3/c14-10-2-1-3-12(6-10)19-8-9-4-5-11(16(17)18)7-13(9)15/h1-7H,8H2. The number of nitrogens with zero attached hydrogens (tertiary/aromatic N) is 1. The molecule has 0 unspecified atom stereocenters. The average Bonchev–Trinajstić information content (AvgIpc) is 2.37. The minimum absolute atomic E-state index is 0.0313. The van der Waals surface area contributed by atoms with Gasteiger partial charge in [0.1, 0.15) is 12.4 Å². The molecule has 0 saturated carbocycles. The number of hydrogen-bond donors (Lipinski definition) is 0. The molecule has 0 radical (unpaired) electrons. The van der Waals surface area contributed by atoms with Crippen molar-refractivity contribution in [1.82, 2.24) is 0 Å². The monoisotopic (exact) mass is 341 g/mol. The van der Waals surface area contributed by atoms with Crippen molar-refractivity contribution in [1.29, 1.82) is 0 Å². The molecule has 2 aromatic rings. The van der Waals surface area contributed by atoms with E-state index in [4.69, 9.17) is 16.3 Å². The Morgan fingerprint density at radius 2 is 2.05 bits per heavy atom. The van der Waals surface area contributed by atoms with E-state index in [1.807, 2.05) is 24.3 Å². The van der Waals surface area contributed by atoms with Crippen molar-refractivity contribution in [2.45, 2.75) is 6.61 Å². The molecule has 0 bridgehead atoms. The summed E-state index contributed by atoms with van der Waals surface area (Å²) in [5.41, 5.74) is 0.670. The first kappa shape index (κ1) is 13.8. The van der Waals surface area contributed by atoms with Gasteiger partial charge in [-0.1, -0.05) is 33.6 Å². The fraction of sp³-hybridized carbons (Fsp3) is 0.0769. The Kier molecular flexibility index (Phi) is 4.39.